The van der Waals surface area contributed by atoms with Crippen LogP contribution >= 0.6 is 0 Å². The molecule has 3 heteroatoms. The summed E-state index contributed by atoms with van der Waals surface area (Å²) in [6.45, 7) is 10.2. The third kappa shape index (κ3) is 3.76. The Bertz CT molecular complexity index is 385. The molecular weight excluding hydrogens is 224 g/mol. The maximum absolute atomic E-state index is 11.7. The molecule has 0 aliphatic heterocycles. The van der Waals surface area contributed by atoms with Gasteiger partial charge in [-0.05, 0) is 26.3 Å². The van der Waals surface area contributed by atoms with Gasteiger partial charge in [0.1, 0.15) is 0 Å². The SMILES string of the molecule is CC(C)NC(=O)NC(C)C(C)(C)c1ccccc1. The lowest BCUT2D eigenvalue weighted by Gasteiger charge is -2.33. The van der Waals surface area contributed by atoms with Crippen LogP contribution in [0.5, 0.6) is 0 Å². The van der Waals surface area contributed by atoms with Gasteiger partial charge in [0, 0.05) is 17.5 Å². The summed E-state index contributed by atoms with van der Waals surface area (Å²) in [6, 6.07) is 10.3. The fourth-order valence-corrected chi connectivity index (χ4v) is 1.80. The molecule has 2 amide bonds. The molecule has 0 radical (unpaired) electrons. The standard InChI is InChI=1S/C15H24N2O/c1-11(2)16-14(18)17-12(3)15(4,5)13-9-7-6-8-10-13/h6-12H,1-5H3,(H2,16,17,18). The first kappa shape index (κ1) is 14.6. The summed E-state index contributed by atoms with van der Waals surface area (Å²) in [7, 11) is 0. The second kappa shape index (κ2) is 5.89. The Kier molecular flexibility index (Phi) is 4.76. The molecular formula is C15H24N2O. The third-order valence-electron chi connectivity index (χ3n) is 3.37. The van der Waals surface area contributed by atoms with Crippen LogP contribution in [0.4, 0.5) is 4.79 Å². The third-order valence-corrected chi connectivity index (χ3v) is 3.37. The minimum atomic E-state index is -0.110. The highest BCUT2D eigenvalue weighted by Crippen LogP contribution is 2.26. The Hall–Kier alpha value is -1.51. The van der Waals surface area contributed by atoms with Gasteiger partial charge in [0.15, 0.2) is 0 Å². The van der Waals surface area contributed by atoms with E-state index in [1.807, 2.05) is 39.0 Å². The number of rotatable bonds is 4. The van der Waals surface area contributed by atoms with E-state index in [9.17, 15) is 4.79 Å². The molecule has 0 saturated heterocycles. The zero-order chi connectivity index (χ0) is 13.8. The maximum atomic E-state index is 11.7. The van der Waals surface area contributed by atoms with E-state index >= 15 is 0 Å². The van der Waals surface area contributed by atoms with Crippen LogP contribution < -0.4 is 10.6 Å². The lowest BCUT2D eigenvalue weighted by atomic mass is 9.78. The van der Waals surface area contributed by atoms with Gasteiger partial charge >= 0.3 is 6.03 Å². The van der Waals surface area contributed by atoms with Crippen molar-refractivity contribution in [1.29, 1.82) is 0 Å². The molecule has 1 aromatic rings. The molecule has 0 saturated carbocycles. The van der Waals surface area contributed by atoms with Gasteiger partial charge in [-0.15, -0.1) is 0 Å². The minimum absolute atomic E-state index is 0.0543. The van der Waals surface area contributed by atoms with Crippen LogP contribution in [0.15, 0.2) is 30.3 Å². The predicted molar refractivity (Wildman–Crippen MR) is 75.7 cm³/mol. The Labute approximate surface area is 110 Å². The van der Waals surface area contributed by atoms with E-state index in [0.717, 1.165) is 0 Å². The second-order valence-electron chi connectivity index (χ2n) is 5.58. The van der Waals surface area contributed by atoms with Crippen LogP contribution in [0.3, 0.4) is 0 Å². The van der Waals surface area contributed by atoms with Gasteiger partial charge in [0.05, 0.1) is 0 Å². The summed E-state index contributed by atoms with van der Waals surface area (Å²) in [6.07, 6.45) is 0. The highest BCUT2D eigenvalue weighted by Gasteiger charge is 2.28. The predicted octanol–water partition coefficient (Wildman–Crippen LogP) is 3.06. The first-order valence-corrected chi connectivity index (χ1v) is 6.46. The van der Waals surface area contributed by atoms with Crippen LogP contribution in [0, 0.1) is 0 Å². The largest absolute Gasteiger partial charge is 0.336 e. The first-order valence-electron chi connectivity index (χ1n) is 6.46. The number of carbonyl (C=O) groups is 1. The van der Waals surface area contributed by atoms with Crippen molar-refractivity contribution in [3.8, 4) is 0 Å². The van der Waals surface area contributed by atoms with Crippen molar-refractivity contribution in [3.63, 3.8) is 0 Å². The first-order chi connectivity index (χ1) is 8.34. The highest BCUT2D eigenvalue weighted by atomic mass is 16.2. The van der Waals surface area contributed by atoms with Crippen molar-refractivity contribution in [1.82, 2.24) is 10.6 Å². The molecule has 0 fully saturated rings. The van der Waals surface area contributed by atoms with Crippen LogP contribution in [-0.4, -0.2) is 18.1 Å². The van der Waals surface area contributed by atoms with Gasteiger partial charge < -0.3 is 10.6 Å². The normalized spacial score (nSPS) is 13.2. The summed E-state index contributed by atoms with van der Waals surface area (Å²) < 4.78 is 0. The smallest absolute Gasteiger partial charge is 0.315 e. The monoisotopic (exact) mass is 248 g/mol. The molecule has 100 valence electrons. The van der Waals surface area contributed by atoms with Gasteiger partial charge in [0.25, 0.3) is 0 Å². The van der Waals surface area contributed by atoms with E-state index in [-0.39, 0.29) is 23.5 Å². The van der Waals surface area contributed by atoms with Crippen molar-refractivity contribution in [3.05, 3.63) is 35.9 Å². The van der Waals surface area contributed by atoms with Crippen LogP contribution in [0.2, 0.25) is 0 Å². The number of benzene rings is 1. The molecule has 18 heavy (non-hydrogen) atoms. The van der Waals surface area contributed by atoms with E-state index in [0.29, 0.717) is 0 Å². The Morgan fingerprint density at radius 3 is 2.11 bits per heavy atom. The molecule has 1 rings (SSSR count). The lowest BCUT2D eigenvalue weighted by molar-refractivity contribution is 0.229. The summed E-state index contributed by atoms with van der Waals surface area (Å²) in [4.78, 5) is 11.7. The quantitative estimate of drug-likeness (QED) is 0.844. The molecule has 2 N–H and O–H groups in total. The molecule has 0 aliphatic rings. The Morgan fingerprint density at radius 2 is 1.61 bits per heavy atom. The van der Waals surface area contributed by atoms with E-state index in [1.54, 1.807) is 0 Å². The number of carbonyl (C=O) groups excluding carboxylic acids is 1. The molecule has 1 aromatic carbocycles. The average molecular weight is 248 g/mol. The number of amides is 2. The van der Waals surface area contributed by atoms with Gasteiger partial charge in [0.2, 0.25) is 0 Å². The molecule has 0 aromatic heterocycles. The zero-order valence-corrected chi connectivity index (χ0v) is 11.9. The Balaban J connectivity index is 2.71. The summed E-state index contributed by atoms with van der Waals surface area (Å²) >= 11 is 0. The molecule has 0 heterocycles. The minimum Gasteiger partial charge on any atom is -0.336 e. The Morgan fingerprint density at radius 1 is 1.06 bits per heavy atom. The van der Waals surface area contributed by atoms with Crippen LogP contribution in [0.25, 0.3) is 0 Å². The van der Waals surface area contributed by atoms with Gasteiger partial charge in [-0.25, -0.2) is 4.79 Å². The van der Waals surface area contributed by atoms with E-state index in [2.05, 4.69) is 36.6 Å². The average Bonchev–Trinajstić information content (AvgIpc) is 2.28. The van der Waals surface area contributed by atoms with Gasteiger partial charge in [-0.3, -0.25) is 0 Å². The summed E-state index contributed by atoms with van der Waals surface area (Å²) in [5, 5.41) is 5.85. The van der Waals surface area contributed by atoms with Gasteiger partial charge in [-0.2, -0.15) is 0 Å². The molecule has 1 unspecified atom stereocenters. The number of hydrogen-bond acceptors (Lipinski definition) is 1. The molecule has 0 bridgehead atoms. The number of nitrogens with one attached hydrogen (secondary N) is 2. The van der Waals surface area contributed by atoms with Crippen LogP contribution in [-0.2, 0) is 5.41 Å². The number of hydrogen-bond donors (Lipinski definition) is 2. The fourth-order valence-electron chi connectivity index (χ4n) is 1.80. The lowest BCUT2D eigenvalue weighted by Crippen LogP contribution is -2.50. The molecule has 1 atom stereocenters. The summed E-state index contributed by atoms with van der Waals surface area (Å²) in [5.74, 6) is 0. The summed E-state index contributed by atoms with van der Waals surface area (Å²) in [5.41, 5.74) is 1.12. The van der Waals surface area contributed by atoms with Crippen molar-refractivity contribution >= 4 is 6.03 Å². The van der Waals surface area contributed by atoms with Crippen molar-refractivity contribution in [2.24, 2.45) is 0 Å². The van der Waals surface area contributed by atoms with Gasteiger partial charge in [-0.1, -0.05) is 44.2 Å². The molecule has 3 nitrogen and oxygen atoms in total. The van der Waals surface area contributed by atoms with Crippen molar-refractivity contribution in [2.75, 3.05) is 0 Å². The van der Waals surface area contributed by atoms with Crippen molar-refractivity contribution < 1.29 is 4.79 Å². The van der Waals surface area contributed by atoms with E-state index < -0.39 is 0 Å². The fraction of sp³-hybridized carbons (Fsp3) is 0.533. The van der Waals surface area contributed by atoms with E-state index in [4.69, 9.17) is 0 Å². The van der Waals surface area contributed by atoms with E-state index in [1.165, 1.54) is 5.56 Å². The van der Waals surface area contributed by atoms with Crippen molar-refractivity contribution in [2.45, 2.75) is 52.1 Å². The zero-order valence-electron chi connectivity index (χ0n) is 11.9. The maximum Gasteiger partial charge on any atom is 0.315 e. The second-order valence-corrected chi connectivity index (χ2v) is 5.58. The molecule has 0 spiro atoms. The number of urea groups is 1. The van der Waals surface area contributed by atoms with Crippen LogP contribution in [0.1, 0.15) is 40.2 Å². The molecule has 0 aliphatic carbocycles. The highest BCUT2D eigenvalue weighted by molar-refractivity contribution is 5.74. The topological polar surface area (TPSA) is 41.1 Å².